The summed E-state index contributed by atoms with van der Waals surface area (Å²) in [5, 5.41) is 8.37. The van der Waals surface area contributed by atoms with Gasteiger partial charge in [-0.3, -0.25) is 9.48 Å². The molecule has 2 aromatic rings. The number of primary sulfonamides is 1. The van der Waals surface area contributed by atoms with E-state index in [0.29, 0.717) is 5.56 Å². The number of rotatable bonds is 5. The van der Waals surface area contributed by atoms with Crippen molar-refractivity contribution in [2.75, 3.05) is 7.05 Å². The summed E-state index contributed by atoms with van der Waals surface area (Å²) < 4.78 is 61.0. The van der Waals surface area contributed by atoms with Crippen LogP contribution in [0.4, 0.5) is 13.2 Å². The average Bonchev–Trinajstić information content (AvgIpc) is 3.01. The normalized spacial score (nSPS) is 13.5. The molecule has 0 fully saturated rings. The molecule has 1 unspecified atom stereocenters. The number of benzene rings is 1. The van der Waals surface area contributed by atoms with Crippen molar-refractivity contribution in [2.45, 2.75) is 30.6 Å². The van der Waals surface area contributed by atoms with Crippen LogP contribution in [-0.4, -0.2) is 36.1 Å². The number of aromatic nitrogens is 2. The molecule has 1 amide bonds. The lowest BCUT2D eigenvalue weighted by atomic mass is 10.1. The summed E-state index contributed by atoms with van der Waals surface area (Å²) in [5.41, 5.74) is -0.427. The van der Waals surface area contributed by atoms with Crippen molar-refractivity contribution in [1.82, 2.24) is 14.7 Å². The largest absolute Gasteiger partial charge is 0.435 e. The third kappa shape index (κ3) is 4.61. The van der Waals surface area contributed by atoms with E-state index >= 15 is 0 Å². The first-order valence-corrected chi connectivity index (χ1v) is 8.93. The van der Waals surface area contributed by atoms with Crippen LogP contribution in [0.25, 0.3) is 0 Å². The van der Waals surface area contributed by atoms with Gasteiger partial charge in [0.1, 0.15) is 6.54 Å². The van der Waals surface area contributed by atoms with Gasteiger partial charge in [-0.2, -0.15) is 18.3 Å². The highest BCUT2D eigenvalue weighted by Crippen LogP contribution is 2.27. The first-order chi connectivity index (χ1) is 11.9. The molecule has 26 heavy (non-hydrogen) atoms. The van der Waals surface area contributed by atoms with Gasteiger partial charge in [0, 0.05) is 13.2 Å². The Morgan fingerprint density at radius 2 is 1.85 bits per heavy atom. The number of halogens is 3. The molecule has 2 N–H and O–H groups in total. The summed E-state index contributed by atoms with van der Waals surface area (Å²) in [6.45, 7) is 1.35. The number of hydrogen-bond donors (Lipinski definition) is 1. The van der Waals surface area contributed by atoms with Crippen LogP contribution in [0.5, 0.6) is 0 Å². The fraction of sp³-hybridized carbons (Fsp3) is 0.333. The highest BCUT2D eigenvalue weighted by molar-refractivity contribution is 7.89. The van der Waals surface area contributed by atoms with Crippen molar-refractivity contribution in [1.29, 1.82) is 0 Å². The van der Waals surface area contributed by atoms with E-state index in [9.17, 15) is 26.4 Å². The minimum absolute atomic E-state index is 0.0568. The molecule has 2 rings (SSSR count). The monoisotopic (exact) mass is 390 g/mol. The van der Waals surface area contributed by atoms with Crippen LogP contribution >= 0.6 is 0 Å². The molecule has 0 saturated carbocycles. The fourth-order valence-corrected chi connectivity index (χ4v) is 2.74. The Morgan fingerprint density at radius 1 is 1.27 bits per heavy atom. The third-order valence-corrected chi connectivity index (χ3v) is 4.82. The summed E-state index contributed by atoms with van der Waals surface area (Å²) in [5.74, 6) is -0.454. The molecule has 1 heterocycles. The van der Waals surface area contributed by atoms with E-state index in [2.05, 4.69) is 5.10 Å². The first-order valence-electron chi connectivity index (χ1n) is 7.38. The number of likely N-dealkylation sites (N-methyl/N-ethyl adjacent to an activating group) is 1. The Balaban J connectivity index is 2.08. The second kappa shape index (κ2) is 7.08. The van der Waals surface area contributed by atoms with E-state index in [-0.39, 0.29) is 11.4 Å². The Hall–Kier alpha value is -2.40. The van der Waals surface area contributed by atoms with Crippen molar-refractivity contribution in [3.05, 3.63) is 47.8 Å². The zero-order valence-electron chi connectivity index (χ0n) is 13.9. The summed E-state index contributed by atoms with van der Waals surface area (Å²) in [7, 11) is -2.32. The quantitative estimate of drug-likeness (QED) is 0.841. The Kier molecular flexibility index (Phi) is 5.42. The van der Waals surface area contributed by atoms with Crippen molar-refractivity contribution in [2.24, 2.45) is 5.14 Å². The smallest absolute Gasteiger partial charge is 0.337 e. The highest BCUT2D eigenvalue weighted by Gasteiger charge is 2.33. The number of nitrogens with zero attached hydrogens (tertiary/aromatic N) is 3. The Morgan fingerprint density at radius 3 is 2.31 bits per heavy atom. The van der Waals surface area contributed by atoms with E-state index in [1.54, 1.807) is 6.92 Å². The molecule has 0 bridgehead atoms. The number of hydrogen-bond acceptors (Lipinski definition) is 4. The Labute approximate surface area is 148 Å². The van der Waals surface area contributed by atoms with Gasteiger partial charge in [-0.15, -0.1) is 0 Å². The van der Waals surface area contributed by atoms with Gasteiger partial charge in [0.15, 0.2) is 5.69 Å². The van der Waals surface area contributed by atoms with Crippen LogP contribution in [0.3, 0.4) is 0 Å². The number of nitrogens with two attached hydrogens (primary N) is 1. The number of amides is 1. The maximum absolute atomic E-state index is 12.5. The van der Waals surface area contributed by atoms with Crippen LogP contribution in [-0.2, 0) is 27.5 Å². The van der Waals surface area contributed by atoms with E-state index in [1.807, 2.05) is 0 Å². The third-order valence-electron chi connectivity index (χ3n) is 3.89. The lowest BCUT2D eigenvalue weighted by molar-refractivity contribution is -0.142. The van der Waals surface area contributed by atoms with Gasteiger partial charge in [-0.25, -0.2) is 13.6 Å². The molecule has 0 aliphatic rings. The number of sulfonamides is 1. The molecule has 0 aliphatic carbocycles. The summed E-state index contributed by atoms with van der Waals surface area (Å²) in [6, 6.07) is 6.04. The molecular formula is C15H17F3N4O3S. The van der Waals surface area contributed by atoms with Gasteiger partial charge in [0.25, 0.3) is 0 Å². The number of carbonyl (C=O) groups is 1. The molecule has 0 spiro atoms. The van der Waals surface area contributed by atoms with Gasteiger partial charge in [-0.05, 0) is 30.7 Å². The van der Waals surface area contributed by atoms with Crippen LogP contribution in [0.2, 0.25) is 0 Å². The minimum atomic E-state index is -4.57. The molecule has 0 saturated heterocycles. The molecule has 142 valence electrons. The fourth-order valence-electron chi connectivity index (χ4n) is 2.23. The van der Waals surface area contributed by atoms with Crippen LogP contribution < -0.4 is 5.14 Å². The van der Waals surface area contributed by atoms with Gasteiger partial charge in [-0.1, -0.05) is 12.1 Å². The van der Waals surface area contributed by atoms with Crippen LogP contribution in [0.15, 0.2) is 41.4 Å². The molecule has 1 atom stereocenters. The maximum Gasteiger partial charge on any atom is 0.435 e. The zero-order valence-corrected chi connectivity index (χ0v) is 14.8. The predicted octanol–water partition coefficient (Wildman–Crippen LogP) is 1.77. The highest BCUT2D eigenvalue weighted by atomic mass is 32.2. The van der Waals surface area contributed by atoms with E-state index in [1.165, 1.54) is 36.2 Å². The van der Waals surface area contributed by atoms with Gasteiger partial charge >= 0.3 is 6.18 Å². The van der Waals surface area contributed by atoms with Crippen molar-refractivity contribution < 1.29 is 26.4 Å². The molecule has 11 heteroatoms. The lowest BCUT2D eigenvalue weighted by Crippen LogP contribution is -2.32. The SMILES string of the molecule is CC(c1ccc(S(N)(=O)=O)cc1)N(C)C(=O)Cn1ccc(C(F)(F)F)n1. The zero-order chi connectivity index (χ0) is 19.7. The van der Waals surface area contributed by atoms with Gasteiger partial charge in [0.05, 0.1) is 10.9 Å². The van der Waals surface area contributed by atoms with Crippen LogP contribution in [0.1, 0.15) is 24.2 Å². The lowest BCUT2D eigenvalue weighted by Gasteiger charge is -2.25. The Bertz CT molecular complexity index is 892. The summed E-state index contributed by atoms with van der Waals surface area (Å²) >= 11 is 0. The van der Waals surface area contributed by atoms with Gasteiger partial charge < -0.3 is 4.90 Å². The minimum Gasteiger partial charge on any atom is -0.337 e. The maximum atomic E-state index is 12.5. The standard InChI is InChI=1S/C15H17F3N4O3S/c1-10(11-3-5-12(6-4-11)26(19,24)25)21(2)14(23)9-22-8-7-13(20-22)15(16,17)18/h3-8,10H,9H2,1-2H3,(H2,19,24,25). The molecule has 1 aromatic heterocycles. The van der Waals surface area contributed by atoms with Crippen molar-refractivity contribution in [3.8, 4) is 0 Å². The van der Waals surface area contributed by atoms with Crippen LogP contribution in [0, 0.1) is 0 Å². The van der Waals surface area contributed by atoms with E-state index < -0.39 is 33.8 Å². The van der Waals surface area contributed by atoms with E-state index in [0.717, 1.165) is 16.9 Å². The average molecular weight is 390 g/mol. The summed E-state index contributed by atoms with van der Waals surface area (Å²) in [6.07, 6.45) is -3.49. The molecule has 7 nitrogen and oxygen atoms in total. The molecule has 0 radical (unpaired) electrons. The second-order valence-corrected chi connectivity index (χ2v) is 7.25. The van der Waals surface area contributed by atoms with Crippen molar-refractivity contribution in [3.63, 3.8) is 0 Å². The molecular weight excluding hydrogens is 373 g/mol. The molecule has 1 aromatic carbocycles. The van der Waals surface area contributed by atoms with Gasteiger partial charge in [0.2, 0.25) is 15.9 Å². The topological polar surface area (TPSA) is 98.3 Å². The summed E-state index contributed by atoms with van der Waals surface area (Å²) in [4.78, 5) is 13.6. The second-order valence-electron chi connectivity index (χ2n) is 5.69. The molecule has 0 aliphatic heterocycles. The number of alkyl halides is 3. The van der Waals surface area contributed by atoms with Crippen molar-refractivity contribution >= 4 is 15.9 Å². The predicted molar refractivity (Wildman–Crippen MR) is 86.2 cm³/mol. The van der Waals surface area contributed by atoms with E-state index in [4.69, 9.17) is 5.14 Å². The first kappa shape index (κ1) is 19.9. The number of carbonyl (C=O) groups excluding carboxylic acids is 1.